The van der Waals surface area contributed by atoms with E-state index < -0.39 is 0 Å². The third-order valence-electron chi connectivity index (χ3n) is 6.41. The molecule has 0 radical (unpaired) electrons. The van der Waals surface area contributed by atoms with Crippen molar-refractivity contribution in [3.8, 4) is 5.75 Å². The lowest BCUT2D eigenvalue weighted by molar-refractivity contribution is 0.0162. The molecule has 1 saturated heterocycles. The van der Waals surface area contributed by atoms with Crippen molar-refractivity contribution in [2.24, 2.45) is 0 Å². The van der Waals surface area contributed by atoms with E-state index in [0.29, 0.717) is 31.9 Å². The average Bonchev–Trinajstić information content (AvgIpc) is 3.33. The summed E-state index contributed by atoms with van der Waals surface area (Å²) in [6, 6.07) is 23.6. The van der Waals surface area contributed by atoms with Crippen molar-refractivity contribution in [3.63, 3.8) is 0 Å². The summed E-state index contributed by atoms with van der Waals surface area (Å²) in [6.45, 7) is 4.17. The zero-order chi connectivity index (χ0) is 24.0. The zero-order valence-corrected chi connectivity index (χ0v) is 19.8. The Kier molecular flexibility index (Phi) is 7.02. The Balaban J connectivity index is 1.25. The van der Waals surface area contributed by atoms with Gasteiger partial charge in [0.15, 0.2) is 0 Å². The van der Waals surface area contributed by atoms with Crippen molar-refractivity contribution >= 4 is 16.9 Å². The van der Waals surface area contributed by atoms with Crippen molar-refractivity contribution in [2.75, 3.05) is 40.0 Å². The molecule has 1 aliphatic heterocycles. The molecule has 0 saturated carbocycles. The molecule has 35 heavy (non-hydrogen) atoms. The summed E-state index contributed by atoms with van der Waals surface area (Å²) >= 11 is 0. The Labute approximate surface area is 204 Å². The molecule has 4 aromatic rings. The number of carbonyl (C=O) groups is 1. The maximum Gasteiger partial charge on any atom is 0.251 e. The fourth-order valence-electron chi connectivity index (χ4n) is 4.43. The van der Waals surface area contributed by atoms with Crippen LogP contribution in [-0.2, 0) is 11.3 Å². The standard InChI is InChI=1S/C27H29N5O3/c1-34-23-12-10-21(11-13-23)26(31-14-16-35-17-15-31)18-28-27(33)22-8-6-20(7-9-22)19-32-25-5-3-2-4-24(25)29-30-32/h2-13,26H,14-19H2,1H3,(H,28,33). The quantitative estimate of drug-likeness (QED) is 0.425. The monoisotopic (exact) mass is 471 g/mol. The maximum atomic E-state index is 13.0. The van der Waals surface area contributed by atoms with Gasteiger partial charge in [0.1, 0.15) is 11.3 Å². The first kappa shape index (κ1) is 23.0. The van der Waals surface area contributed by atoms with Crippen LogP contribution in [0, 0.1) is 0 Å². The molecule has 8 heteroatoms. The van der Waals surface area contributed by atoms with Gasteiger partial charge < -0.3 is 14.8 Å². The molecular weight excluding hydrogens is 442 g/mol. The van der Waals surface area contributed by atoms with Crippen LogP contribution in [0.4, 0.5) is 0 Å². The summed E-state index contributed by atoms with van der Waals surface area (Å²) < 4.78 is 12.7. The van der Waals surface area contributed by atoms with Gasteiger partial charge >= 0.3 is 0 Å². The van der Waals surface area contributed by atoms with Gasteiger partial charge in [-0.1, -0.05) is 41.6 Å². The number of nitrogens with one attached hydrogen (secondary N) is 1. The summed E-state index contributed by atoms with van der Waals surface area (Å²) in [5.41, 5.74) is 4.69. The Morgan fingerprint density at radius 2 is 1.77 bits per heavy atom. The molecule has 5 rings (SSSR count). The number of fused-ring (bicyclic) bond motifs is 1. The minimum atomic E-state index is -0.0884. The van der Waals surface area contributed by atoms with Crippen molar-refractivity contribution in [3.05, 3.63) is 89.5 Å². The Morgan fingerprint density at radius 3 is 2.51 bits per heavy atom. The molecule has 3 aromatic carbocycles. The summed E-state index contributed by atoms with van der Waals surface area (Å²) in [4.78, 5) is 15.3. The fourth-order valence-corrected chi connectivity index (χ4v) is 4.43. The van der Waals surface area contributed by atoms with E-state index in [1.54, 1.807) is 7.11 Å². The molecule has 1 atom stereocenters. The van der Waals surface area contributed by atoms with Gasteiger partial charge in [0.2, 0.25) is 0 Å². The van der Waals surface area contributed by atoms with E-state index in [1.165, 1.54) is 0 Å². The molecule has 2 heterocycles. The summed E-state index contributed by atoms with van der Waals surface area (Å²) in [6.07, 6.45) is 0. The highest BCUT2D eigenvalue weighted by atomic mass is 16.5. The number of carbonyl (C=O) groups excluding carboxylic acids is 1. The molecule has 1 aliphatic rings. The second-order valence-corrected chi connectivity index (χ2v) is 8.58. The number of methoxy groups -OCH3 is 1. The Bertz CT molecular complexity index is 1260. The minimum Gasteiger partial charge on any atom is -0.497 e. The highest BCUT2D eigenvalue weighted by Crippen LogP contribution is 2.24. The molecule has 1 amide bonds. The maximum absolute atomic E-state index is 13.0. The first-order valence-corrected chi connectivity index (χ1v) is 11.8. The van der Waals surface area contributed by atoms with Crippen LogP contribution in [0.3, 0.4) is 0 Å². The Morgan fingerprint density at radius 1 is 1.03 bits per heavy atom. The van der Waals surface area contributed by atoms with Crippen molar-refractivity contribution in [1.29, 1.82) is 0 Å². The van der Waals surface area contributed by atoms with Crippen LogP contribution in [-0.4, -0.2) is 65.8 Å². The third kappa shape index (κ3) is 5.34. The first-order valence-electron chi connectivity index (χ1n) is 11.8. The van der Waals surface area contributed by atoms with Crippen molar-refractivity contribution in [2.45, 2.75) is 12.6 Å². The van der Waals surface area contributed by atoms with Crippen LogP contribution in [0.2, 0.25) is 0 Å². The number of morpholine rings is 1. The van der Waals surface area contributed by atoms with E-state index in [-0.39, 0.29) is 11.9 Å². The molecule has 1 aromatic heterocycles. The van der Waals surface area contributed by atoms with Gasteiger partial charge in [0.25, 0.3) is 5.91 Å². The topological polar surface area (TPSA) is 81.5 Å². The van der Waals surface area contributed by atoms with Crippen LogP contribution in [0.15, 0.2) is 72.8 Å². The average molecular weight is 472 g/mol. The number of hydrogen-bond acceptors (Lipinski definition) is 6. The highest BCUT2D eigenvalue weighted by Gasteiger charge is 2.23. The zero-order valence-electron chi connectivity index (χ0n) is 19.8. The lowest BCUT2D eigenvalue weighted by Crippen LogP contribution is -2.43. The normalized spacial score (nSPS) is 15.1. The van der Waals surface area contributed by atoms with E-state index in [1.807, 2.05) is 65.3 Å². The third-order valence-corrected chi connectivity index (χ3v) is 6.41. The number of nitrogens with zero attached hydrogens (tertiary/aromatic N) is 4. The van der Waals surface area contributed by atoms with Crippen LogP contribution in [0.25, 0.3) is 11.0 Å². The number of ether oxygens (including phenoxy) is 2. The molecule has 0 bridgehead atoms. The van der Waals surface area contributed by atoms with Gasteiger partial charge in [-0.3, -0.25) is 9.69 Å². The second-order valence-electron chi connectivity index (χ2n) is 8.58. The minimum absolute atomic E-state index is 0.0635. The Hall–Kier alpha value is -3.75. The molecular formula is C27H29N5O3. The molecule has 0 aliphatic carbocycles. The largest absolute Gasteiger partial charge is 0.497 e. The molecule has 8 nitrogen and oxygen atoms in total. The lowest BCUT2D eigenvalue weighted by Gasteiger charge is -2.35. The lowest BCUT2D eigenvalue weighted by atomic mass is 10.0. The van der Waals surface area contributed by atoms with E-state index in [0.717, 1.165) is 41.0 Å². The molecule has 1 fully saturated rings. The SMILES string of the molecule is COc1ccc(C(CNC(=O)c2ccc(Cn3nnc4ccccc43)cc2)N2CCOCC2)cc1. The number of aromatic nitrogens is 3. The predicted molar refractivity (Wildman–Crippen MR) is 134 cm³/mol. The van der Waals surface area contributed by atoms with Crippen LogP contribution in [0.5, 0.6) is 5.75 Å². The summed E-state index contributed by atoms with van der Waals surface area (Å²) in [5, 5.41) is 11.6. The van der Waals surface area contributed by atoms with Gasteiger partial charge in [-0.25, -0.2) is 4.68 Å². The van der Waals surface area contributed by atoms with E-state index in [9.17, 15) is 4.79 Å². The van der Waals surface area contributed by atoms with Gasteiger partial charge in [-0.15, -0.1) is 5.10 Å². The molecule has 1 N–H and O–H groups in total. The second kappa shape index (κ2) is 10.7. The molecule has 180 valence electrons. The molecule has 1 unspecified atom stereocenters. The van der Waals surface area contributed by atoms with Crippen LogP contribution >= 0.6 is 0 Å². The fraction of sp³-hybridized carbons (Fsp3) is 0.296. The van der Waals surface area contributed by atoms with Gasteiger partial charge in [0.05, 0.1) is 38.4 Å². The highest BCUT2D eigenvalue weighted by molar-refractivity contribution is 5.94. The number of rotatable bonds is 8. The van der Waals surface area contributed by atoms with Gasteiger partial charge in [-0.05, 0) is 47.5 Å². The number of para-hydroxylation sites is 1. The van der Waals surface area contributed by atoms with E-state index in [4.69, 9.17) is 9.47 Å². The van der Waals surface area contributed by atoms with Gasteiger partial charge in [-0.2, -0.15) is 0 Å². The number of benzene rings is 3. The summed E-state index contributed by atoms with van der Waals surface area (Å²) in [5.74, 6) is 0.729. The number of hydrogen-bond donors (Lipinski definition) is 1. The van der Waals surface area contributed by atoms with Crippen molar-refractivity contribution < 1.29 is 14.3 Å². The van der Waals surface area contributed by atoms with Crippen molar-refractivity contribution in [1.82, 2.24) is 25.2 Å². The summed E-state index contributed by atoms with van der Waals surface area (Å²) in [7, 11) is 1.66. The predicted octanol–water partition coefficient (Wildman–Crippen LogP) is 3.29. The van der Waals surface area contributed by atoms with Crippen LogP contribution in [0.1, 0.15) is 27.5 Å². The van der Waals surface area contributed by atoms with Gasteiger partial charge in [0, 0.05) is 25.2 Å². The smallest absolute Gasteiger partial charge is 0.251 e. The van der Waals surface area contributed by atoms with E-state index >= 15 is 0 Å². The van der Waals surface area contributed by atoms with E-state index in [2.05, 4.69) is 32.7 Å². The molecule has 0 spiro atoms. The number of amides is 1. The first-order chi connectivity index (χ1) is 17.2. The van der Waals surface area contributed by atoms with Crippen LogP contribution < -0.4 is 10.1 Å².